The van der Waals surface area contributed by atoms with E-state index in [1.165, 1.54) is 0 Å². The van der Waals surface area contributed by atoms with Crippen LogP contribution in [-0.4, -0.2) is 68.8 Å². The molecule has 0 spiro atoms. The molecule has 11 nitrogen and oxygen atoms in total. The molecule has 1 aliphatic heterocycles. The molecule has 0 aliphatic carbocycles. The Labute approximate surface area is 215 Å². The van der Waals surface area contributed by atoms with Crippen LogP contribution in [0.5, 0.6) is 0 Å². The van der Waals surface area contributed by atoms with Gasteiger partial charge in [0.15, 0.2) is 11.0 Å². The molecule has 12 heteroatoms. The number of ether oxygens (including phenoxy) is 4. The Hall–Kier alpha value is -2.86. The summed E-state index contributed by atoms with van der Waals surface area (Å²) in [4.78, 5) is 41.7. The van der Waals surface area contributed by atoms with E-state index in [-0.39, 0.29) is 23.9 Å². The zero-order valence-corrected chi connectivity index (χ0v) is 22.6. The Kier molecular flexibility index (Phi) is 8.83. The summed E-state index contributed by atoms with van der Waals surface area (Å²) in [6.07, 6.45) is 0.321. The van der Waals surface area contributed by atoms with E-state index in [4.69, 9.17) is 31.2 Å². The fourth-order valence-corrected chi connectivity index (χ4v) is 4.25. The largest absolute Gasteiger partial charge is 0.510 e. The highest BCUT2D eigenvalue weighted by atomic mass is 32.1. The third-order valence-electron chi connectivity index (χ3n) is 5.65. The number of aromatic amines is 1. The molecular weight excluding hydrogens is 488 g/mol. The maximum absolute atomic E-state index is 12.7. The van der Waals surface area contributed by atoms with Crippen LogP contribution in [0.25, 0.3) is 11.0 Å². The highest BCUT2D eigenvalue weighted by Crippen LogP contribution is 2.21. The molecule has 200 valence electrons. The number of hydrogen-bond acceptors (Lipinski definition) is 8. The van der Waals surface area contributed by atoms with Crippen molar-refractivity contribution in [2.75, 3.05) is 19.7 Å². The first kappa shape index (κ1) is 27.7. The fourth-order valence-electron chi connectivity index (χ4n) is 3.97. The van der Waals surface area contributed by atoms with Crippen molar-refractivity contribution in [2.24, 2.45) is 0 Å². The van der Waals surface area contributed by atoms with Crippen LogP contribution in [0.1, 0.15) is 60.6 Å². The van der Waals surface area contributed by atoms with E-state index in [9.17, 15) is 14.4 Å². The second kappa shape index (κ2) is 11.5. The average Bonchev–Trinajstić information content (AvgIpc) is 3.21. The summed E-state index contributed by atoms with van der Waals surface area (Å²) in [5, 5.41) is 0. The zero-order chi connectivity index (χ0) is 26.6. The van der Waals surface area contributed by atoms with Gasteiger partial charge >= 0.3 is 12.2 Å². The van der Waals surface area contributed by atoms with E-state index in [1.807, 2.05) is 34.6 Å². The van der Waals surface area contributed by atoms with Crippen LogP contribution in [0.15, 0.2) is 17.1 Å². The lowest BCUT2D eigenvalue weighted by molar-refractivity contribution is -0.0334. The topological polar surface area (TPSA) is 117 Å². The zero-order valence-electron chi connectivity index (χ0n) is 21.7. The minimum absolute atomic E-state index is 0.0750. The first-order valence-corrected chi connectivity index (χ1v) is 12.6. The van der Waals surface area contributed by atoms with Crippen molar-refractivity contribution in [1.29, 1.82) is 0 Å². The van der Waals surface area contributed by atoms with Crippen LogP contribution in [0, 0.1) is 4.77 Å². The van der Waals surface area contributed by atoms with Crippen molar-refractivity contribution in [3.8, 4) is 0 Å². The minimum Gasteiger partial charge on any atom is -0.444 e. The summed E-state index contributed by atoms with van der Waals surface area (Å²) >= 11 is 5.34. The van der Waals surface area contributed by atoms with Gasteiger partial charge in [-0.3, -0.25) is 9.78 Å². The number of hydrogen-bond donors (Lipinski definition) is 1. The van der Waals surface area contributed by atoms with Crippen LogP contribution in [-0.2, 0) is 25.5 Å². The van der Waals surface area contributed by atoms with Gasteiger partial charge in [-0.1, -0.05) is 0 Å². The summed E-state index contributed by atoms with van der Waals surface area (Å²) in [6, 6.07) is 1.76. The molecule has 36 heavy (non-hydrogen) atoms. The molecule has 2 aromatic heterocycles. The van der Waals surface area contributed by atoms with Gasteiger partial charge in [0.2, 0.25) is 0 Å². The van der Waals surface area contributed by atoms with Crippen molar-refractivity contribution in [3.05, 3.63) is 27.4 Å². The van der Waals surface area contributed by atoms with Gasteiger partial charge in [0.05, 0.1) is 18.2 Å². The predicted octanol–water partition coefficient (Wildman–Crippen LogP) is 4.36. The molecule has 1 atom stereocenters. The lowest BCUT2D eigenvalue weighted by atomic mass is 10.1. The number of piperidine rings is 1. The van der Waals surface area contributed by atoms with E-state index >= 15 is 0 Å². The number of carbonyl (C=O) groups is 2. The smallest absolute Gasteiger partial charge is 0.444 e. The monoisotopic (exact) mass is 524 g/mol. The third-order valence-corrected chi connectivity index (χ3v) is 5.97. The van der Waals surface area contributed by atoms with E-state index in [0.29, 0.717) is 54.9 Å². The molecule has 0 saturated carbocycles. The molecular formula is C24H36N4O7S. The van der Waals surface area contributed by atoms with Crippen molar-refractivity contribution in [1.82, 2.24) is 19.0 Å². The van der Waals surface area contributed by atoms with E-state index in [0.717, 1.165) is 0 Å². The maximum atomic E-state index is 12.7. The van der Waals surface area contributed by atoms with Crippen LogP contribution in [0.4, 0.5) is 9.59 Å². The number of H-pyrrole nitrogens is 1. The number of fused-ring (bicyclic) bond motifs is 1. The van der Waals surface area contributed by atoms with E-state index < -0.39 is 18.0 Å². The van der Waals surface area contributed by atoms with Gasteiger partial charge in [-0.25, -0.2) is 9.59 Å². The average molecular weight is 525 g/mol. The first-order chi connectivity index (χ1) is 16.9. The first-order valence-electron chi connectivity index (χ1n) is 12.2. The van der Waals surface area contributed by atoms with Crippen molar-refractivity contribution >= 4 is 35.5 Å². The number of carbonyl (C=O) groups excluding carboxylic acids is 2. The van der Waals surface area contributed by atoms with Gasteiger partial charge in [-0.05, 0) is 59.8 Å². The molecule has 3 heterocycles. The van der Waals surface area contributed by atoms with Crippen molar-refractivity contribution in [3.63, 3.8) is 0 Å². The molecule has 0 radical (unpaired) electrons. The lowest BCUT2D eigenvalue weighted by Crippen LogP contribution is -2.43. The Morgan fingerprint density at radius 3 is 2.47 bits per heavy atom. The summed E-state index contributed by atoms with van der Waals surface area (Å²) in [7, 11) is 0. The Morgan fingerprint density at radius 2 is 1.86 bits per heavy atom. The van der Waals surface area contributed by atoms with Crippen LogP contribution in [0.3, 0.4) is 0 Å². The van der Waals surface area contributed by atoms with Gasteiger partial charge in [0.25, 0.3) is 5.56 Å². The third kappa shape index (κ3) is 7.10. The second-order valence-corrected chi connectivity index (χ2v) is 10.4. The maximum Gasteiger partial charge on any atom is 0.510 e. The number of rotatable bonds is 7. The van der Waals surface area contributed by atoms with Crippen molar-refractivity contribution < 1.29 is 28.5 Å². The Bertz CT molecular complexity index is 1190. The molecule has 1 unspecified atom stereocenters. The van der Waals surface area contributed by atoms with E-state index in [2.05, 4.69) is 4.98 Å². The number of amides is 1. The molecule has 3 rings (SSSR count). The van der Waals surface area contributed by atoms with Gasteiger partial charge in [0, 0.05) is 38.7 Å². The molecule has 1 saturated heterocycles. The van der Waals surface area contributed by atoms with Gasteiger partial charge in [0.1, 0.15) is 17.2 Å². The molecule has 2 aromatic rings. The molecule has 1 N–H and O–H groups in total. The predicted molar refractivity (Wildman–Crippen MR) is 136 cm³/mol. The highest BCUT2D eigenvalue weighted by Gasteiger charge is 2.29. The second-order valence-electron chi connectivity index (χ2n) is 10.0. The lowest BCUT2D eigenvalue weighted by Gasteiger charge is -2.33. The van der Waals surface area contributed by atoms with Crippen molar-refractivity contribution in [2.45, 2.75) is 85.0 Å². The van der Waals surface area contributed by atoms with Gasteiger partial charge in [-0.15, -0.1) is 0 Å². The van der Waals surface area contributed by atoms with Crippen LogP contribution in [0.2, 0.25) is 0 Å². The molecule has 1 aliphatic rings. The molecule has 0 bridgehead atoms. The van der Waals surface area contributed by atoms with Crippen LogP contribution < -0.4 is 5.56 Å². The minimum atomic E-state index is -0.838. The Morgan fingerprint density at radius 1 is 1.19 bits per heavy atom. The number of likely N-dealkylation sites (tertiary alicyclic amines) is 1. The molecule has 1 amide bonds. The normalized spacial score (nSPS) is 15.8. The number of nitrogens with zero attached hydrogens (tertiary/aromatic N) is 3. The standard InChI is InChI=1S/C24H36N4O7S/c1-15(2)32-14-13-28-18-9-12-27(19(18)20(29)25-21(28)36)16(3)33-23(31)34-17-7-10-26(11-8-17)22(30)35-24(4,5)6/h9,12,15-17H,7-8,10-11,13-14H2,1-6H3,(H,25,29,36). The van der Waals surface area contributed by atoms with E-state index in [1.54, 1.807) is 33.2 Å². The summed E-state index contributed by atoms with van der Waals surface area (Å²) in [5.41, 5.74) is 0.0100. The summed E-state index contributed by atoms with van der Waals surface area (Å²) in [5.74, 6) is 0. The Balaban J connectivity index is 1.61. The van der Waals surface area contributed by atoms with Gasteiger partial charge in [-0.2, -0.15) is 0 Å². The van der Waals surface area contributed by atoms with Gasteiger partial charge < -0.3 is 33.0 Å². The molecule has 0 aromatic carbocycles. The highest BCUT2D eigenvalue weighted by molar-refractivity contribution is 7.71. The quantitative estimate of drug-likeness (QED) is 0.420. The summed E-state index contributed by atoms with van der Waals surface area (Å²) < 4.78 is 25.6. The number of aromatic nitrogens is 3. The molecule has 1 fully saturated rings. The fraction of sp³-hybridized carbons (Fsp3) is 0.667. The number of nitrogens with one attached hydrogen (secondary N) is 1. The summed E-state index contributed by atoms with van der Waals surface area (Å²) in [6.45, 7) is 12.7. The SMILES string of the molecule is CC(C)OCCn1c(=S)[nH]c(=O)c2c1ccn2C(C)OC(=O)OC1CCN(C(=O)OC(C)(C)C)CC1. The van der Waals surface area contributed by atoms with Crippen LogP contribution >= 0.6 is 12.2 Å².